The number of carbonyl (C=O) groups excluding carboxylic acids is 1. The number of benzene rings is 1. The number of hydrogen-bond donors (Lipinski definition) is 2. The summed E-state index contributed by atoms with van der Waals surface area (Å²) < 4.78 is 5.13. The molecular weight excluding hydrogens is 320 g/mol. The van der Waals surface area contributed by atoms with Crippen LogP contribution in [0, 0.1) is 19.3 Å². The van der Waals surface area contributed by atoms with Gasteiger partial charge in [-0.15, -0.1) is 0 Å². The number of hydrogen-bond acceptors (Lipinski definition) is 3. The Morgan fingerprint density at radius 1 is 1.32 bits per heavy atom. The highest BCUT2D eigenvalue weighted by molar-refractivity contribution is 5.99. The Balaban J connectivity index is 1.90. The predicted molar refractivity (Wildman–Crippen MR) is 94.9 cm³/mol. The lowest BCUT2D eigenvalue weighted by Gasteiger charge is -2.39. The number of aromatic amines is 1. The number of ether oxygens (including phenoxy) is 1. The van der Waals surface area contributed by atoms with Crippen LogP contribution in [0.1, 0.15) is 34.5 Å². The fourth-order valence-corrected chi connectivity index (χ4v) is 3.82. The van der Waals surface area contributed by atoms with Crippen LogP contribution in [0.2, 0.25) is 0 Å². The van der Waals surface area contributed by atoms with E-state index in [1.807, 2.05) is 26.0 Å². The molecule has 1 aliphatic heterocycles. The summed E-state index contributed by atoms with van der Waals surface area (Å²) in [5.41, 5.74) is 2.65. The largest absolute Gasteiger partial charge is 0.481 e. The summed E-state index contributed by atoms with van der Waals surface area (Å²) >= 11 is 0. The third-order valence-electron chi connectivity index (χ3n) is 5.06. The number of nitrogens with zero attached hydrogens (tertiary/aromatic N) is 1. The van der Waals surface area contributed by atoms with Crippen molar-refractivity contribution in [3.8, 4) is 0 Å². The van der Waals surface area contributed by atoms with Crippen molar-refractivity contribution in [3.63, 3.8) is 0 Å². The van der Waals surface area contributed by atoms with Gasteiger partial charge in [-0.05, 0) is 49.9 Å². The third-order valence-corrected chi connectivity index (χ3v) is 5.06. The molecule has 6 nitrogen and oxygen atoms in total. The molecule has 3 rings (SSSR count). The Morgan fingerprint density at radius 2 is 2.08 bits per heavy atom. The molecule has 1 atom stereocenters. The summed E-state index contributed by atoms with van der Waals surface area (Å²) in [7, 11) is 1.49. The average Bonchev–Trinajstić information content (AvgIpc) is 2.98. The number of carboxylic acids is 1. The van der Waals surface area contributed by atoms with Crippen LogP contribution in [0.25, 0.3) is 10.9 Å². The van der Waals surface area contributed by atoms with Gasteiger partial charge in [-0.1, -0.05) is 6.07 Å². The molecule has 1 aromatic heterocycles. The molecule has 1 fully saturated rings. The number of fused-ring (bicyclic) bond motifs is 1. The van der Waals surface area contributed by atoms with E-state index < -0.39 is 11.4 Å². The summed E-state index contributed by atoms with van der Waals surface area (Å²) in [6, 6.07) is 5.96. The lowest BCUT2D eigenvalue weighted by molar-refractivity contribution is -0.155. The zero-order valence-electron chi connectivity index (χ0n) is 14.9. The maximum atomic E-state index is 12.9. The monoisotopic (exact) mass is 344 g/mol. The van der Waals surface area contributed by atoms with E-state index in [1.54, 1.807) is 4.90 Å². The van der Waals surface area contributed by atoms with Crippen LogP contribution in [0.4, 0.5) is 0 Å². The second-order valence-corrected chi connectivity index (χ2v) is 7.07. The van der Waals surface area contributed by atoms with E-state index in [1.165, 1.54) is 7.11 Å². The predicted octanol–water partition coefficient (Wildman–Crippen LogP) is 2.74. The quantitative estimate of drug-likeness (QED) is 0.893. The van der Waals surface area contributed by atoms with Crippen LogP contribution in [-0.2, 0) is 9.53 Å². The minimum atomic E-state index is -1.03. The number of piperidine rings is 1. The molecule has 2 aromatic rings. The van der Waals surface area contributed by atoms with E-state index in [4.69, 9.17) is 4.74 Å². The SMILES string of the molecule is COCC1(C(=O)O)CCCN(C(=O)c2cc3c(C)cc(C)cc3[nH]2)C1. The Bertz CT molecular complexity index is 822. The molecule has 1 aliphatic rings. The molecule has 0 bridgehead atoms. The van der Waals surface area contributed by atoms with Crippen molar-refractivity contribution in [1.29, 1.82) is 0 Å². The number of nitrogens with one attached hydrogen (secondary N) is 1. The van der Waals surface area contributed by atoms with Gasteiger partial charge in [0.1, 0.15) is 11.1 Å². The molecular formula is C19H24N2O4. The maximum absolute atomic E-state index is 12.9. The van der Waals surface area contributed by atoms with Crippen LogP contribution in [0.3, 0.4) is 0 Å². The summed E-state index contributed by atoms with van der Waals surface area (Å²) in [4.78, 5) is 29.5. The standard InChI is InChI=1S/C19H24N2O4/c1-12-7-13(2)14-9-16(20-15(14)8-12)17(22)21-6-4-5-19(10-21,11-25-3)18(23)24/h7-9,20H,4-6,10-11H2,1-3H3,(H,23,24). The number of H-pyrrole nitrogens is 1. The molecule has 2 N–H and O–H groups in total. The fraction of sp³-hybridized carbons (Fsp3) is 0.474. The zero-order valence-corrected chi connectivity index (χ0v) is 14.9. The molecule has 0 aliphatic carbocycles. The molecule has 0 saturated carbocycles. The molecule has 134 valence electrons. The summed E-state index contributed by atoms with van der Waals surface area (Å²) in [5, 5.41) is 10.7. The Hall–Kier alpha value is -2.34. The molecule has 1 unspecified atom stereocenters. The average molecular weight is 344 g/mol. The Labute approximate surface area is 146 Å². The van der Waals surface area contributed by atoms with Crippen LogP contribution >= 0.6 is 0 Å². The molecule has 25 heavy (non-hydrogen) atoms. The van der Waals surface area contributed by atoms with Crippen molar-refractivity contribution >= 4 is 22.8 Å². The molecule has 0 radical (unpaired) electrons. The Morgan fingerprint density at radius 3 is 2.76 bits per heavy atom. The maximum Gasteiger partial charge on any atom is 0.313 e. The number of aromatic nitrogens is 1. The van der Waals surface area contributed by atoms with Crippen molar-refractivity contribution < 1.29 is 19.4 Å². The van der Waals surface area contributed by atoms with E-state index in [0.29, 0.717) is 25.1 Å². The van der Waals surface area contributed by atoms with E-state index >= 15 is 0 Å². The van der Waals surface area contributed by atoms with Gasteiger partial charge < -0.3 is 19.7 Å². The molecule has 1 aromatic carbocycles. The molecule has 6 heteroatoms. The smallest absolute Gasteiger partial charge is 0.313 e. The van der Waals surface area contributed by atoms with Gasteiger partial charge in [0, 0.05) is 31.1 Å². The highest BCUT2D eigenvalue weighted by atomic mass is 16.5. The zero-order chi connectivity index (χ0) is 18.2. The third kappa shape index (κ3) is 3.14. The fourth-order valence-electron chi connectivity index (χ4n) is 3.82. The van der Waals surface area contributed by atoms with Crippen LogP contribution in [-0.4, -0.2) is 53.7 Å². The first-order chi connectivity index (χ1) is 11.9. The van der Waals surface area contributed by atoms with Gasteiger partial charge >= 0.3 is 5.97 Å². The number of carboxylic acid groups (broad SMARTS) is 1. The normalized spacial score (nSPS) is 20.8. The van der Waals surface area contributed by atoms with Gasteiger partial charge in [0.2, 0.25) is 0 Å². The number of aliphatic carboxylic acids is 1. The van der Waals surface area contributed by atoms with Crippen molar-refractivity contribution in [1.82, 2.24) is 9.88 Å². The number of methoxy groups -OCH3 is 1. The number of amides is 1. The van der Waals surface area contributed by atoms with Crippen molar-refractivity contribution in [2.75, 3.05) is 26.8 Å². The van der Waals surface area contributed by atoms with Gasteiger partial charge in [0.25, 0.3) is 5.91 Å². The first kappa shape index (κ1) is 17.5. The summed E-state index contributed by atoms with van der Waals surface area (Å²) in [6.07, 6.45) is 1.17. The number of carbonyl (C=O) groups is 2. The van der Waals surface area contributed by atoms with Gasteiger partial charge in [0.05, 0.1) is 6.61 Å². The summed E-state index contributed by atoms with van der Waals surface area (Å²) in [6.45, 7) is 4.88. The lowest BCUT2D eigenvalue weighted by Crippen LogP contribution is -2.52. The van der Waals surface area contributed by atoms with Gasteiger partial charge in [-0.25, -0.2) is 0 Å². The van der Waals surface area contributed by atoms with Gasteiger partial charge in [-0.3, -0.25) is 9.59 Å². The van der Waals surface area contributed by atoms with Gasteiger partial charge in [0.15, 0.2) is 0 Å². The van der Waals surface area contributed by atoms with Gasteiger partial charge in [-0.2, -0.15) is 0 Å². The molecule has 0 spiro atoms. The van der Waals surface area contributed by atoms with E-state index in [2.05, 4.69) is 11.1 Å². The minimum Gasteiger partial charge on any atom is -0.481 e. The van der Waals surface area contributed by atoms with Crippen LogP contribution in [0.15, 0.2) is 18.2 Å². The number of rotatable bonds is 4. The molecule has 1 amide bonds. The highest BCUT2D eigenvalue weighted by Gasteiger charge is 2.44. The second kappa shape index (κ2) is 6.52. The first-order valence-corrected chi connectivity index (χ1v) is 8.48. The summed E-state index contributed by atoms with van der Waals surface area (Å²) in [5.74, 6) is -1.07. The second-order valence-electron chi connectivity index (χ2n) is 7.07. The minimum absolute atomic E-state index is 0.108. The van der Waals surface area contributed by atoms with E-state index in [-0.39, 0.29) is 19.1 Å². The van der Waals surface area contributed by atoms with Crippen LogP contribution < -0.4 is 0 Å². The van der Waals surface area contributed by atoms with E-state index in [9.17, 15) is 14.7 Å². The van der Waals surface area contributed by atoms with Crippen molar-refractivity contribution in [2.24, 2.45) is 5.41 Å². The lowest BCUT2D eigenvalue weighted by atomic mass is 9.80. The Kier molecular flexibility index (Phi) is 4.56. The highest BCUT2D eigenvalue weighted by Crippen LogP contribution is 2.32. The number of aryl methyl sites for hydroxylation is 2. The van der Waals surface area contributed by atoms with Crippen molar-refractivity contribution in [3.05, 3.63) is 35.0 Å². The topological polar surface area (TPSA) is 82.6 Å². The van der Waals surface area contributed by atoms with Crippen molar-refractivity contribution in [2.45, 2.75) is 26.7 Å². The first-order valence-electron chi connectivity index (χ1n) is 8.48. The number of likely N-dealkylation sites (tertiary alicyclic amines) is 1. The molecule has 2 heterocycles. The molecule has 1 saturated heterocycles. The van der Waals surface area contributed by atoms with E-state index in [0.717, 1.165) is 22.0 Å². The van der Waals surface area contributed by atoms with Crippen LogP contribution in [0.5, 0.6) is 0 Å².